The summed E-state index contributed by atoms with van der Waals surface area (Å²) in [6, 6.07) is 19.3. The first-order valence-electron chi connectivity index (χ1n) is 10.3. The van der Waals surface area contributed by atoms with Gasteiger partial charge in [-0.2, -0.15) is 4.31 Å². The second-order valence-corrected chi connectivity index (χ2v) is 9.44. The van der Waals surface area contributed by atoms with Crippen molar-refractivity contribution in [3.63, 3.8) is 0 Å². The molecule has 0 radical (unpaired) electrons. The highest BCUT2D eigenvalue weighted by molar-refractivity contribution is 7.89. The minimum absolute atomic E-state index is 0.00472. The number of halogens is 1. The number of carbonyl (C=O) groups excluding carboxylic acids is 1. The summed E-state index contributed by atoms with van der Waals surface area (Å²) in [5.74, 6) is 0.155. The van der Waals surface area contributed by atoms with Gasteiger partial charge < -0.3 is 14.8 Å². The molecule has 1 amide bonds. The Morgan fingerprint density at radius 2 is 1.64 bits per heavy atom. The molecule has 0 spiro atoms. The zero-order valence-electron chi connectivity index (χ0n) is 17.8. The molecule has 2 unspecified atom stereocenters. The van der Waals surface area contributed by atoms with E-state index in [1.165, 1.54) is 43.5 Å². The van der Waals surface area contributed by atoms with Crippen LogP contribution >= 0.6 is 0 Å². The zero-order valence-corrected chi connectivity index (χ0v) is 18.7. The highest BCUT2D eigenvalue weighted by Gasteiger charge is 2.45. The van der Waals surface area contributed by atoms with Crippen molar-refractivity contribution in [1.82, 2.24) is 4.31 Å². The molecule has 0 bridgehead atoms. The van der Waals surface area contributed by atoms with Gasteiger partial charge in [0.1, 0.15) is 29.5 Å². The third kappa shape index (κ3) is 5.15. The molecule has 4 rings (SSSR count). The number of nitrogens with zero attached hydrogens (tertiary/aromatic N) is 1. The van der Waals surface area contributed by atoms with E-state index in [-0.39, 0.29) is 17.9 Å². The fourth-order valence-electron chi connectivity index (χ4n) is 3.69. The van der Waals surface area contributed by atoms with Gasteiger partial charge in [0.2, 0.25) is 15.9 Å². The van der Waals surface area contributed by atoms with Crippen LogP contribution in [0.25, 0.3) is 0 Å². The van der Waals surface area contributed by atoms with Crippen LogP contribution in [0, 0.1) is 5.82 Å². The number of rotatable bonds is 7. The Balaban J connectivity index is 1.61. The first kappa shape index (κ1) is 22.8. The van der Waals surface area contributed by atoms with Crippen molar-refractivity contribution in [2.24, 2.45) is 0 Å². The lowest BCUT2D eigenvalue weighted by Gasteiger charge is -2.23. The van der Waals surface area contributed by atoms with E-state index >= 15 is 0 Å². The molecule has 7 nitrogen and oxygen atoms in total. The molecule has 33 heavy (non-hydrogen) atoms. The van der Waals surface area contributed by atoms with Gasteiger partial charge in [-0.25, -0.2) is 12.8 Å². The number of amides is 1. The summed E-state index contributed by atoms with van der Waals surface area (Å²) >= 11 is 0. The fraction of sp³-hybridized carbons (Fsp3) is 0.208. The Morgan fingerprint density at radius 3 is 2.27 bits per heavy atom. The van der Waals surface area contributed by atoms with Crippen LogP contribution in [-0.2, 0) is 14.8 Å². The molecule has 3 aromatic carbocycles. The highest BCUT2D eigenvalue weighted by Crippen LogP contribution is 2.30. The maximum atomic E-state index is 13.4. The number of hydrogen-bond donors (Lipinski definition) is 1. The number of para-hydroxylation sites is 1. The molecule has 1 fully saturated rings. The van der Waals surface area contributed by atoms with Crippen LogP contribution in [0.5, 0.6) is 11.5 Å². The molecule has 2 atom stereocenters. The third-order valence-corrected chi connectivity index (χ3v) is 7.23. The highest BCUT2D eigenvalue weighted by atomic mass is 32.2. The van der Waals surface area contributed by atoms with Crippen LogP contribution in [0.3, 0.4) is 0 Å². The standard InChI is InChI=1S/C24H23FN2O5S/c1-31-19-11-13-22(14-12-19)33(29,30)27-16-21(32-20-5-3-2-4-6-20)15-23(27)24(28)26-18-9-7-17(25)8-10-18/h2-14,21,23H,15-16H2,1H3,(H,26,28). The SMILES string of the molecule is COc1ccc(S(=O)(=O)N2CC(Oc3ccccc3)CC2C(=O)Nc2ccc(F)cc2)cc1. The van der Waals surface area contributed by atoms with E-state index in [0.717, 1.165) is 4.31 Å². The average molecular weight is 471 g/mol. The van der Waals surface area contributed by atoms with E-state index in [1.54, 1.807) is 24.3 Å². The van der Waals surface area contributed by atoms with Gasteiger partial charge in [-0.15, -0.1) is 0 Å². The predicted octanol–water partition coefficient (Wildman–Crippen LogP) is 3.68. The summed E-state index contributed by atoms with van der Waals surface area (Å²) in [5.41, 5.74) is 0.371. The van der Waals surface area contributed by atoms with Gasteiger partial charge in [-0.05, 0) is 60.7 Å². The lowest BCUT2D eigenvalue weighted by atomic mass is 10.2. The van der Waals surface area contributed by atoms with Crippen LogP contribution in [0.2, 0.25) is 0 Å². The molecule has 1 aliphatic heterocycles. The molecule has 1 saturated heterocycles. The topological polar surface area (TPSA) is 84.9 Å². The quantitative estimate of drug-likeness (QED) is 0.569. The molecule has 9 heteroatoms. The molecular weight excluding hydrogens is 447 g/mol. The van der Waals surface area contributed by atoms with Gasteiger partial charge in [0, 0.05) is 12.1 Å². The van der Waals surface area contributed by atoms with E-state index < -0.39 is 33.9 Å². The third-order valence-electron chi connectivity index (χ3n) is 5.34. The zero-order chi connectivity index (χ0) is 23.4. The number of hydrogen-bond acceptors (Lipinski definition) is 5. The normalized spacial score (nSPS) is 18.6. The summed E-state index contributed by atoms with van der Waals surface area (Å²) in [5, 5.41) is 2.68. The smallest absolute Gasteiger partial charge is 0.243 e. The number of nitrogens with one attached hydrogen (secondary N) is 1. The molecule has 1 aliphatic rings. The van der Waals surface area contributed by atoms with Crippen molar-refractivity contribution in [1.29, 1.82) is 0 Å². The lowest BCUT2D eigenvalue weighted by molar-refractivity contribution is -0.119. The van der Waals surface area contributed by atoms with E-state index in [4.69, 9.17) is 9.47 Å². The molecular formula is C24H23FN2O5S. The number of anilines is 1. The van der Waals surface area contributed by atoms with Crippen LogP contribution in [-0.4, -0.2) is 44.4 Å². The first-order chi connectivity index (χ1) is 15.9. The van der Waals surface area contributed by atoms with Crippen LogP contribution in [0.4, 0.5) is 10.1 Å². The Kier molecular flexibility index (Phi) is 6.62. The number of ether oxygens (including phenoxy) is 2. The minimum atomic E-state index is -4.01. The average Bonchev–Trinajstić information content (AvgIpc) is 3.26. The lowest BCUT2D eigenvalue weighted by Crippen LogP contribution is -2.43. The summed E-state index contributed by atoms with van der Waals surface area (Å²) in [7, 11) is -2.51. The van der Waals surface area contributed by atoms with Gasteiger partial charge >= 0.3 is 0 Å². The monoisotopic (exact) mass is 470 g/mol. The van der Waals surface area contributed by atoms with Crippen molar-refractivity contribution >= 4 is 21.6 Å². The molecule has 1 heterocycles. The molecule has 0 aromatic heterocycles. The minimum Gasteiger partial charge on any atom is -0.497 e. The van der Waals surface area contributed by atoms with E-state index in [9.17, 15) is 17.6 Å². The van der Waals surface area contributed by atoms with E-state index in [0.29, 0.717) is 17.2 Å². The molecule has 172 valence electrons. The maximum absolute atomic E-state index is 13.4. The van der Waals surface area contributed by atoms with Crippen molar-refractivity contribution in [3.05, 3.63) is 84.7 Å². The van der Waals surface area contributed by atoms with Crippen molar-refractivity contribution < 1.29 is 27.1 Å². The van der Waals surface area contributed by atoms with Crippen molar-refractivity contribution in [3.8, 4) is 11.5 Å². The predicted molar refractivity (Wildman–Crippen MR) is 121 cm³/mol. The summed E-state index contributed by atoms with van der Waals surface area (Å²) in [6.07, 6.45) is -0.360. The number of methoxy groups -OCH3 is 1. The van der Waals surface area contributed by atoms with Gasteiger partial charge in [0.15, 0.2) is 0 Å². The Hall–Kier alpha value is -3.43. The van der Waals surface area contributed by atoms with Gasteiger partial charge in [-0.3, -0.25) is 4.79 Å². The van der Waals surface area contributed by atoms with Gasteiger partial charge in [0.25, 0.3) is 0 Å². The number of carbonyl (C=O) groups is 1. The van der Waals surface area contributed by atoms with Crippen LogP contribution in [0.15, 0.2) is 83.8 Å². The molecule has 0 aliphatic carbocycles. The maximum Gasteiger partial charge on any atom is 0.243 e. The van der Waals surface area contributed by atoms with Crippen molar-refractivity contribution in [2.75, 3.05) is 19.0 Å². The molecule has 3 aromatic rings. The second kappa shape index (κ2) is 9.60. The first-order valence-corrected chi connectivity index (χ1v) is 11.7. The molecule has 1 N–H and O–H groups in total. The summed E-state index contributed by atoms with van der Waals surface area (Å²) < 4.78 is 52.3. The van der Waals surface area contributed by atoms with Gasteiger partial charge in [0.05, 0.1) is 18.6 Å². The molecule has 0 saturated carbocycles. The van der Waals surface area contributed by atoms with Crippen LogP contribution in [0.1, 0.15) is 6.42 Å². The van der Waals surface area contributed by atoms with E-state index in [2.05, 4.69) is 5.32 Å². The van der Waals surface area contributed by atoms with Crippen molar-refractivity contribution in [2.45, 2.75) is 23.5 Å². The summed E-state index contributed by atoms with van der Waals surface area (Å²) in [4.78, 5) is 13.1. The Bertz CT molecular complexity index is 1200. The van der Waals surface area contributed by atoms with Crippen LogP contribution < -0.4 is 14.8 Å². The van der Waals surface area contributed by atoms with E-state index in [1.807, 2.05) is 18.2 Å². The Morgan fingerprint density at radius 1 is 0.970 bits per heavy atom. The number of benzene rings is 3. The Labute approximate surface area is 191 Å². The summed E-state index contributed by atoms with van der Waals surface area (Å²) in [6.45, 7) is 0.00472. The second-order valence-electron chi connectivity index (χ2n) is 7.55. The fourth-order valence-corrected chi connectivity index (χ4v) is 5.32. The number of sulfonamides is 1. The largest absolute Gasteiger partial charge is 0.497 e. The van der Waals surface area contributed by atoms with Gasteiger partial charge in [-0.1, -0.05) is 18.2 Å².